The molecule has 186 valence electrons. The third kappa shape index (κ3) is 2.93. The summed E-state index contributed by atoms with van der Waals surface area (Å²) in [7, 11) is 0. The molecule has 0 aliphatic heterocycles. The van der Waals surface area contributed by atoms with E-state index in [1.54, 1.807) is 0 Å². The normalized spacial score (nSPS) is 31.1. The molecule has 0 aromatic rings. The Morgan fingerprint density at radius 1 is 0.500 bits per heavy atom. The van der Waals surface area contributed by atoms with Crippen molar-refractivity contribution < 1.29 is 53.1 Å². The Hall–Kier alpha value is -1.30. The summed E-state index contributed by atoms with van der Waals surface area (Å²) < 4.78 is 156. The molecule has 0 spiro atoms. The van der Waals surface area contributed by atoms with Crippen LogP contribution in [0.25, 0.3) is 0 Å². The minimum Gasteiger partial charge on any atom is -0.334 e. The topological polar surface area (TPSA) is 20.3 Å². The average Bonchev–Trinajstić information content (AvgIpc) is 2.73. The number of carbonyl (C=O) groups is 1. The summed E-state index contributed by atoms with van der Waals surface area (Å²) >= 11 is 0. The Morgan fingerprint density at radius 3 is 1.09 bits per heavy atom. The summed E-state index contributed by atoms with van der Waals surface area (Å²) in [6, 6.07) is -2.27. The highest BCUT2D eigenvalue weighted by molar-refractivity contribution is 5.89. The van der Waals surface area contributed by atoms with Crippen LogP contribution in [0.4, 0.5) is 48.3 Å². The van der Waals surface area contributed by atoms with E-state index in [1.165, 1.54) is 0 Å². The molecule has 0 radical (unpaired) electrons. The first-order chi connectivity index (χ1) is 14.5. The maximum absolute atomic E-state index is 15.4. The van der Waals surface area contributed by atoms with Gasteiger partial charge in [0.1, 0.15) is 0 Å². The quantitative estimate of drug-likeness (QED) is 0.422. The molecule has 13 heteroatoms. The van der Waals surface area contributed by atoms with E-state index in [9.17, 15) is 48.7 Å². The average molecular weight is 489 g/mol. The van der Waals surface area contributed by atoms with Gasteiger partial charge >= 0.3 is 35.3 Å². The predicted molar refractivity (Wildman–Crippen MR) is 89.2 cm³/mol. The van der Waals surface area contributed by atoms with E-state index < -0.39 is 53.3 Å². The van der Waals surface area contributed by atoms with Gasteiger partial charge in [0.25, 0.3) is 5.91 Å². The molecule has 0 aromatic carbocycles. The number of amides is 1. The van der Waals surface area contributed by atoms with E-state index in [0.717, 1.165) is 0 Å². The first-order valence-corrected chi connectivity index (χ1v) is 10.4. The predicted octanol–water partition coefficient (Wildman–Crippen LogP) is 6.38. The number of alkyl halides is 11. The smallest absolute Gasteiger partial charge is 0.334 e. The summed E-state index contributed by atoms with van der Waals surface area (Å²) in [5.41, 5.74) is -6.58. The van der Waals surface area contributed by atoms with Crippen LogP contribution >= 0.6 is 0 Å². The van der Waals surface area contributed by atoms with Gasteiger partial charge in [-0.15, -0.1) is 0 Å². The molecule has 0 heterocycles. The van der Waals surface area contributed by atoms with Gasteiger partial charge in [0.05, 0.1) is 0 Å². The van der Waals surface area contributed by atoms with Crippen molar-refractivity contribution >= 4 is 5.91 Å². The van der Waals surface area contributed by atoms with Crippen molar-refractivity contribution in [1.29, 1.82) is 0 Å². The van der Waals surface area contributed by atoms with Crippen LogP contribution in [0, 0.1) is 0 Å². The molecule has 3 aliphatic rings. The molecule has 3 rings (SSSR count). The number of rotatable bonds is 3. The Labute approximate surface area is 176 Å². The van der Waals surface area contributed by atoms with Crippen molar-refractivity contribution in [2.45, 2.75) is 112 Å². The lowest BCUT2D eigenvalue weighted by Crippen LogP contribution is -2.86. The highest BCUT2D eigenvalue weighted by Gasteiger charge is 3.03. The molecule has 0 bridgehead atoms. The SMILES string of the molecule is O=C(N(C1CCCCC1)C1CCCCC1)C1(F)C(F)(F)C(F)(F)C(F)(F)C(F)(F)C1(F)F. The van der Waals surface area contributed by atoms with Crippen LogP contribution in [-0.2, 0) is 4.79 Å². The van der Waals surface area contributed by atoms with Gasteiger partial charge in [-0.05, 0) is 25.7 Å². The Balaban J connectivity index is 2.18. The molecule has 0 atom stereocenters. The van der Waals surface area contributed by atoms with Gasteiger partial charge in [0.2, 0.25) is 0 Å². The van der Waals surface area contributed by atoms with E-state index in [4.69, 9.17) is 0 Å². The fraction of sp³-hybridized carbons (Fsp3) is 0.947. The fourth-order valence-electron chi connectivity index (χ4n) is 5.02. The monoisotopic (exact) mass is 489 g/mol. The Kier molecular flexibility index (Phi) is 6.02. The van der Waals surface area contributed by atoms with Crippen LogP contribution in [0.1, 0.15) is 64.2 Å². The van der Waals surface area contributed by atoms with Crippen LogP contribution < -0.4 is 0 Å². The van der Waals surface area contributed by atoms with Crippen molar-refractivity contribution in [1.82, 2.24) is 4.90 Å². The highest BCUT2D eigenvalue weighted by atomic mass is 19.4. The molecule has 0 aromatic heterocycles. The number of hydrogen-bond acceptors (Lipinski definition) is 1. The third-order valence-electron chi connectivity index (χ3n) is 6.91. The Morgan fingerprint density at radius 2 is 0.781 bits per heavy atom. The highest BCUT2D eigenvalue weighted by Crippen LogP contribution is 2.69. The van der Waals surface area contributed by atoms with E-state index in [1.807, 2.05) is 0 Å². The van der Waals surface area contributed by atoms with Crippen LogP contribution in [0.3, 0.4) is 0 Å². The van der Waals surface area contributed by atoms with Crippen LogP contribution in [0.2, 0.25) is 0 Å². The second-order valence-electron chi connectivity index (χ2n) is 8.83. The second kappa shape index (κ2) is 7.61. The number of nitrogens with zero attached hydrogens (tertiary/aromatic N) is 1. The van der Waals surface area contributed by atoms with Crippen molar-refractivity contribution in [3.63, 3.8) is 0 Å². The summed E-state index contributed by atoms with van der Waals surface area (Å²) in [5, 5.41) is 0. The number of carbonyl (C=O) groups excluding carboxylic acids is 1. The van der Waals surface area contributed by atoms with E-state index in [-0.39, 0.29) is 30.6 Å². The van der Waals surface area contributed by atoms with Crippen molar-refractivity contribution in [3.8, 4) is 0 Å². The summed E-state index contributed by atoms with van der Waals surface area (Å²) in [6.07, 6.45) is 2.81. The number of hydrogen-bond donors (Lipinski definition) is 0. The van der Waals surface area contributed by atoms with Gasteiger partial charge < -0.3 is 4.90 Å². The van der Waals surface area contributed by atoms with Gasteiger partial charge in [-0.25, -0.2) is 4.39 Å². The van der Waals surface area contributed by atoms with E-state index in [0.29, 0.717) is 38.5 Å². The van der Waals surface area contributed by atoms with Crippen LogP contribution in [-0.4, -0.2) is 58.2 Å². The second-order valence-corrected chi connectivity index (χ2v) is 8.83. The lowest BCUT2D eigenvalue weighted by atomic mass is 9.70. The van der Waals surface area contributed by atoms with Gasteiger partial charge in [0.15, 0.2) is 0 Å². The van der Waals surface area contributed by atoms with Gasteiger partial charge in [-0.3, -0.25) is 4.79 Å². The first-order valence-electron chi connectivity index (χ1n) is 10.4. The van der Waals surface area contributed by atoms with Crippen molar-refractivity contribution in [2.75, 3.05) is 0 Å². The standard InChI is InChI=1S/C19H22F11NO/c20-14(15(21,22)17(25,26)19(29,30)18(27,28)16(14,23)24)13(32)31(11-7-3-1-4-8-11)12-9-5-2-6-10-12/h11-12H,1-10H2. The minimum absolute atomic E-state index is 0.0262. The maximum Gasteiger partial charge on any atom is 0.384 e. The summed E-state index contributed by atoms with van der Waals surface area (Å²) in [4.78, 5) is 13.2. The van der Waals surface area contributed by atoms with Crippen LogP contribution in [0.15, 0.2) is 0 Å². The zero-order valence-electron chi connectivity index (χ0n) is 16.7. The van der Waals surface area contributed by atoms with Gasteiger partial charge in [-0.2, -0.15) is 43.9 Å². The molecule has 3 aliphatic carbocycles. The van der Waals surface area contributed by atoms with Crippen LogP contribution in [0.5, 0.6) is 0 Å². The van der Waals surface area contributed by atoms with Crippen molar-refractivity contribution in [3.05, 3.63) is 0 Å². The zero-order chi connectivity index (χ0) is 24.4. The van der Waals surface area contributed by atoms with E-state index in [2.05, 4.69) is 0 Å². The molecule has 0 saturated heterocycles. The molecular weight excluding hydrogens is 467 g/mol. The maximum atomic E-state index is 15.4. The fourth-order valence-corrected chi connectivity index (χ4v) is 5.02. The molecule has 2 nitrogen and oxygen atoms in total. The Bertz CT molecular complexity index is 679. The number of halogens is 11. The lowest BCUT2D eigenvalue weighted by Gasteiger charge is -2.54. The lowest BCUT2D eigenvalue weighted by molar-refractivity contribution is -0.477. The van der Waals surface area contributed by atoms with Crippen molar-refractivity contribution in [2.24, 2.45) is 0 Å². The summed E-state index contributed by atoms with van der Waals surface area (Å²) in [6.45, 7) is 0. The molecule has 3 saturated carbocycles. The molecular formula is C19H22F11NO. The minimum atomic E-state index is -7.32. The molecule has 0 N–H and O–H groups in total. The van der Waals surface area contributed by atoms with Gasteiger partial charge in [-0.1, -0.05) is 38.5 Å². The summed E-state index contributed by atoms with van der Waals surface area (Å²) in [5.74, 6) is -39.1. The largest absolute Gasteiger partial charge is 0.384 e. The molecule has 1 amide bonds. The molecule has 0 unspecified atom stereocenters. The molecule has 3 fully saturated rings. The first kappa shape index (κ1) is 25.3. The van der Waals surface area contributed by atoms with E-state index >= 15 is 4.39 Å². The zero-order valence-corrected chi connectivity index (χ0v) is 16.7. The third-order valence-corrected chi connectivity index (χ3v) is 6.91. The molecule has 32 heavy (non-hydrogen) atoms. The van der Waals surface area contributed by atoms with Gasteiger partial charge in [0, 0.05) is 12.1 Å².